The molecule has 0 spiro atoms. The van der Waals surface area contributed by atoms with Crippen molar-refractivity contribution in [2.24, 2.45) is 5.73 Å². The molecule has 0 unspecified atom stereocenters. The Balaban J connectivity index is 0.00000242. The Kier molecular flexibility index (Phi) is 7.42. The van der Waals surface area contributed by atoms with Crippen LogP contribution in [-0.4, -0.2) is 49.8 Å². The molecule has 0 aromatic heterocycles. The lowest BCUT2D eigenvalue weighted by atomic mass is 9.90. The fraction of sp³-hybridized carbons (Fsp3) is 0.533. The molecule has 0 atom stereocenters. The van der Waals surface area contributed by atoms with Gasteiger partial charge < -0.3 is 20.1 Å². The minimum Gasteiger partial charge on any atom is -0.492 e. The maximum Gasteiger partial charge on any atom is 0.242 e. The van der Waals surface area contributed by atoms with Crippen molar-refractivity contribution in [1.82, 2.24) is 4.90 Å². The molecular weight excluding hydrogens is 327 g/mol. The number of likely N-dealkylation sites (N-methyl/N-ethyl adjacent to an activating group) is 1. The van der Waals surface area contributed by atoms with Gasteiger partial charge in [-0.2, -0.15) is 0 Å². The minimum absolute atomic E-state index is 0. The fourth-order valence-electron chi connectivity index (χ4n) is 2.29. The zero-order valence-corrected chi connectivity index (χ0v) is 14.2. The first-order chi connectivity index (χ1) is 10.0. The van der Waals surface area contributed by atoms with Crippen LogP contribution in [-0.2, 0) is 9.53 Å². The number of nitrogens with two attached hydrogens (primary N) is 1. The molecule has 1 aliphatic rings. The third kappa shape index (κ3) is 5.02. The van der Waals surface area contributed by atoms with Crippen LogP contribution in [0.5, 0.6) is 5.75 Å². The molecule has 124 valence electrons. The average molecular weight is 349 g/mol. The number of benzene rings is 1. The Hall–Kier alpha value is -1.01. The molecule has 1 amide bonds. The summed E-state index contributed by atoms with van der Waals surface area (Å²) < 4.78 is 10.8. The van der Waals surface area contributed by atoms with E-state index in [0.717, 1.165) is 0 Å². The highest BCUT2D eigenvalue weighted by molar-refractivity contribution is 6.30. The Labute approximate surface area is 142 Å². The summed E-state index contributed by atoms with van der Waals surface area (Å²) in [6, 6.07) is 7.18. The van der Waals surface area contributed by atoms with Gasteiger partial charge in [0.25, 0.3) is 0 Å². The first-order valence-electron chi connectivity index (χ1n) is 7.02. The number of nitrogens with zero attached hydrogens (tertiary/aromatic N) is 1. The normalized spacial score (nSPS) is 16.5. The van der Waals surface area contributed by atoms with E-state index in [4.69, 9.17) is 26.8 Å². The second-order valence-electron chi connectivity index (χ2n) is 5.30. The number of hydrogen-bond acceptors (Lipinski definition) is 4. The van der Waals surface area contributed by atoms with Crippen LogP contribution in [0.2, 0.25) is 5.02 Å². The van der Waals surface area contributed by atoms with Crippen molar-refractivity contribution < 1.29 is 14.3 Å². The van der Waals surface area contributed by atoms with Gasteiger partial charge in [0.05, 0.1) is 12.1 Å². The molecule has 7 heteroatoms. The number of amides is 1. The van der Waals surface area contributed by atoms with Crippen molar-refractivity contribution in [2.75, 3.05) is 33.4 Å². The standard InChI is InChI=1S/C15H21ClN2O3.ClH/c1-18(14(19)15(17)5-8-20-9-6-15)7-10-21-13-4-2-3-12(16)11-13;/h2-4,11H,5-10,17H2,1H3;1H. The molecular formula is C15H22Cl2N2O3. The lowest BCUT2D eigenvalue weighted by Crippen LogP contribution is -2.57. The third-order valence-corrected chi connectivity index (χ3v) is 3.88. The number of hydrogen-bond donors (Lipinski definition) is 1. The number of carbonyl (C=O) groups is 1. The summed E-state index contributed by atoms with van der Waals surface area (Å²) in [6.07, 6.45) is 1.12. The van der Waals surface area contributed by atoms with Crippen LogP contribution in [0.25, 0.3) is 0 Å². The van der Waals surface area contributed by atoms with E-state index in [-0.39, 0.29) is 18.3 Å². The second kappa shape index (κ2) is 8.58. The molecule has 2 rings (SSSR count). The molecule has 1 fully saturated rings. The van der Waals surface area contributed by atoms with E-state index in [1.807, 2.05) is 12.1 Å². The summed E-state index contributed by atoms with van der Waals surface area (Å²) in [5.74, 6) is 0.636. The first kappa shape index (κ1) is 19.0. The first-order valence-corrected chi connectivity index (χ1v) is 7.40. The van der Waals surface area contributed by atoms with Gasteiger partial charge in [-0.15, -0.1) is 12.4 Å². The van der Waals surface area contributed by atoms with Gasteiger partial charge in [-0.3, -0.25) is 4.79 Å². The Morgan fingerprint density at radius 3 is 2.77 bits per heavy atom. The van der Waals surface area contributed by atoms with Gasteiger partial charge in [0, 0.05) is 25.3 Å². The van der Waals surface area contributed by atoms with Gasteiger partial charge in [0.1, 0.15) is 12.4 Å². The van der Waals surface area contributed by atoms with E-state index >= 15 is 0 Å². The van der Waals surface area contributed by atoms with Crippen LogP contribution in [0.3, 0.4) is 0 Å². The van der Waals surface area contributed by atoms with Crippen LogP contribution in [0, 0.1) is 0 Å². The molecule has 0 bridgehead atoms. The molecule has 0 saturated carbocycles. The lowest BCUT2D eigenvalue weighted by molar-refractivity contribution is -0.139. The van der Waals surface area contributed by atoms with Crippen LogP contribution in [0.1, 0.15) is 12.8 Å². The SMILES string of the molecule is CN(CCOc1cccc(Cl)c1)C(=O)C1(N)CCOCC1.Cl. The predicted molar refractivity (Wildman–Crippen MR) is 88.8 cm³/mol. The zero-order valence-electron chi connectivity index (χ0n) is 12.6. The number of ether oxygens (including phenoxy) is 2. The predicted octanol–water partition coefficient (Wildman–Crippen LogP) is 2.11. The highest BCUT2D eigenvalue weighted by Crippen LogP contribution is 2.20. The summed E-state index contributed by atoms with van der Waals surface area (Å²) in [4.78, 5) is 14.0. The summed E-state index contributed by atoms with van der Waals surface area (Å²) in [5.41, 5.74) is 5.37. The summed E-state index contributed by atoms with van der Waals surface area (Å²) >= 11 is 5.88. The summed E-state index contributed by atoms with van der Waals surface area (Å²) in [5, 5.41) is 0.625. The monoisotopic (exact) mass is 348 g/mol. The molecule has 2 N–H and O–H groups in total. The van der Waals surface area contributed by atoms with Crippen molar-refractivity contribution in [3.63, 3.8) is 0 Å². The van der Waals surface area contributed by atoms with E-state index < -0.39 is 5.54 Å². The molecule has 5 nitrogen and oxygen atoms in total. The Morgan fingerprint density at radius 1 is 1.45 bits per heavy atom. The van der Waals surface area contributed by atoms with E-state index in [1.54, 1.807) is 24.1 Å². The van der Waals surface area contributed by atoms with Crippen LogP contribution in [0.4, 0.5) is 0 Å². The smallest absolute Gasteiger partial charge is 0.242 e. The summed E-state index contributed by atoms with van der Waals surface area (Å²) in [6.45, 7) is 1.95. The highest BCUT2D eigenvalue weighted by Gasteiger charge is 2.37. The quantitative estimate of drug-likeness (QED) is 0.884. The summed E-state index contributed by atoms with van der Waals surface area (Å²) in [7, 11) is 1.74. The van der Waals surface area contributed by atoms with Crippen molar-refractivity contribution in [1.29, 1.82) is 0 Å². The topological polar surface area (TPSA) is 64.8 Å². The van der Waals surface area contributed by atoms with Crippen molar-refractivity contribution in [3.05, 3.63) is 29.3 Å². The van der Waals surface area contributed by atoms with Gasteiger partial charge in [0.15, 0.2) is 0 Å². The molecule has 1 aliphatic heterocycles. The maximum atomic E-state index is 12.4. The second-order valence-corrected chi connectivity index (χ2v) is 5.74. The third-order valence-electron chi connectivity index (χ3n) is 3.65. The average Bonchev–Trinajstić information content (AvgIpc) is 2.47. The number of halogens is 2. The molecule has 0 aliphatic carbocycles. The van der Waals surface area contributed by atoms with E-state index in [9.17, 15) is 4.79 Å². The van der Waals surface area contributed by atoms with Gasteiger partial charge in [-0.1, -0.05) is 17.7 Å². The molecule has 22 heavy (non-hydrogen) atoms. The molecule has 1 aromatic carbocycles. The molecule has 0 radical (unpaired) electrons. The van der Waals surface area contributed by atoms with Gasteiger partial charge in [-0.25, -0.2) is 0 Å². The fourth-order valence-corrected chi connectivity index (χ4v) is 2.47. The van der Waals surface area contributed by atoms with Gasteiger partial charge in [0.2, 0.25) is 5.91 Å². The maximum absolute atomic E-state index is 12.4. The Bertz CT molecular complexity index is 493. The molecule has 1 heterocycles. The van der Waals surface area contributed by atoms with E-state index in [0.29, 0.717) is 50.0 Å². The van der Waals surface area contributed by atoms with E-state index in [1.165, 1.54) is 0 Å². The highest BCUT2D eigenvalue weighted by atomic mass is 35.5. The van der Waals surface area contributed by atoms with Crippen LogP contribution >= 0.6 is 24.0 Å². The van der Waals surface area contributed by atoms with Crippen molar-refractivity contribution >= 4 is 29.9 Å². The number of carbonyl (C=O) groups excluding carboxylic acids is 1. The van der Waals surface area contributed by atoms with Crippen LogP contribution < -0.4 is 10.5 Å². The number of rotatable bonds is 5. The van der Waals surface area contributed by atoms with Gasteiger partial charge in [-0.05, 0) is 31.0 Å². The molecule has 1 saturated heterocycles. The largest absolute Gasteiger partial charge is 0.492 e. The Morgan fingerprint density at radius 2 is 2.14 bits per heavy atom. The van der Waals surface area contributed by atoms with Crippen molar-refractivity contribution in [2.45, 2.75) is 18.4 Å². The minimum atomic E-state index is -0.803. The van der Waals surface area contributed by atoms with Crippen LogP contribution in [0.15, 0.2) is 24.3 Å². The molecule has 1 aromatic rings. The van der Waals surface area contributed by atoms with Crippen molar-refractivity contribution in [3.8, 4) is 5.75 Å². The van der Waals surface area contributed by atoms with Gasteiger partial charge >= 0.3 is 0 Å². The lowest BCUT2D eigenvalue weighted by Gasteiger charge is -2.35. The zero-order chi connectivity index (χ0) is 15.3. The van der Waals surface area contributed by atoms with E-state index in [2.05, 4.69) is 0 Å².